The number of benzene rings is 2. The van der Waals surface area contributed by atoms with Crippen molar-refractivity contribution in [3.8, 4) is 10.4 Å². The van der Waals surface area contributed by atoms with Gasteiger partial charge in [0.05, 0.1) is 22.6 Å². The number of hydrogen-bond donors (Lipinski definition) is 0. The molecular formula is C17H13FNO2S2-. The summed E-state index contributed by atoms with van der Waals surface area (Å²) in [4.78, 5) is 0.809. The van der Waals surface area contributed by atoms with Crippen molar-refractivity contribution < 1.29 is 13.2 Å². The molecule has 0 aliphatic rings. The van der Waals surface area contributed by atoms with Crippen LogP contribution < -0.4 is 4.31 Å². The molecule has 3 nitrogen and oxygen atoms in total. The van der Waals surface area contributed by atoms with Crippen molar-refractivity contribution in [1.82, 2.24) is 0 Å². The quantitative estimate of drug-likeness (QED) is 0.637. The van der Waals surface area contributed by atoms with Crippen LogP contribution in [0.5, 0.6) is 0 Å². The molecule has 0 amide bonds. The Labute approximate surface area is 140 Å². The first-order chi connectivity index (χ1) is 11.1. The fourth-order valence-corrected chi connectivity index (χ4v) is 3.91. The Morgan fingerprint density at radius 2 is 1.91 bits per heavy atom. The summed E-state index contributed by atoms with van der Waals surface area (Å²) in [5.41, 5.74) is 2.72. The predicted molar refractivity (Wildman–Crippen MR) is 92.0 cm³/mol. The van der Waals surface area contributed by atoms with Crippen LogP contribution in [0.4, 0.5) is 15.8 Å². The lowest BCUT2D eigenvalue weighted by molar-refractivity contribution is 0.537. The number of rotatable bonds is 4. The molecule has 0 fully saturated rings. The zero-order valence-electron chi connectivity index (χ0n) is 12.2. The maximum atomic E-state index is 13.4. The molecule has 1 heterocycles. The van der Waals surface area contributed by atoms with Crippen LogP contribution in [0.1, 0.15) is 5.56 Å². The van der Waals surface area contributed by atoms with Gasteiger partial charge in [0.25, 0.3) is 0 Å². The number of anilines is 2. The first-order valence-electron chi connectivity index (χ1n) is 6.86. The molecule has 23 heavy (non-hydrogen) atoms. The number of hydrogen-bond acceptors (Lipinski definition) is 3. The molecule has 0 N–H and O–H groups in total. The first-order valence-corrected chi connectivity index (χ1v) is 8.77. The molecule has 0 saturated heterocycles. The Kier molecular flexibility index (Phi) is 4.56. The molecule has 0 saturated carbocycles. The zero-order valence-corrected chi connectivity index (χ0v) is 13.9. The van der Waals surface area contributed by atoms with E-state index in [2.05, 4.69) is 0 Å². The van der Waals surface area contributed by atoms with Crippen molar-refractivity contribution in [2.75, 3.05) is 4.31 Å². The van der Waals surface area contributed by atoms with Gasteiger partial charge in [-0.25, -0.2) is 4.39 Å². The van der Waals surface area contributed by atoms with Gasteiger partial charge in [-0.15, -0.1) is 11.3 Å². The average Bonchev–Trinajstić information content (AvgIpc) is 2.99. The van der Waals surface area contributed by atoms with Gasteiger partial charge in [0, 0.05) is 10.3 Å². The second-order valence-electron chi connectivity index (χ2n) is 4.98. The third-order valence-electron chi connectivity index (χ3n) is 3.41. The van der Waals surface area contributed by atoms with E-state index in [1.807, 2.05) is 19.1 Å². The summed E-state index contributed by atoms with van der Waals surface area (Å²) in [6.07, 6.45) is 0. The molecule has 118 valence electrons. The monoisotopic (exact) mass is 346 g/mol. The van der Waals surface area contributed by atoms with Crippen LogP contribution in [0.25, 0.3) is 10.4 Å². The molecule has 3 aromatic rings. The lowest BCUT2D eigenvalue weighted by Gasteiger charge is -2.26. The molecule has 1 atom stereocenters. The van der Waals surface area contributed by atoms with Crippen molar-refractivity contribution in [3.63, 3.8) is 0 Å². The third-order valence-corrected chi connectivity index (χ3v) is 5.09. The second-order valence-corrected chi connectivity index (χ2v) is 6.69. The summed E-state index contributed by atoms with van der Waals surface area (Å²) in [5.74, 6) is -0.319. The molecule has 6 heteroatoms. The van der Waals surface area contributed by atoms with Crippen LogP contribution in [-0.2, 0) is 11.3 Å². The summed E-state index contributed by atoms with van der Waals surface area (Å²) >= 11 is -1.07. The summed E-state index contributed by atoms with van der Waals surface area (Å²) in [6.45, 7) is 1.86. The van der Waals surface area contributed by atoms with E-state index in [0.29, 0.717) is 11.4 Å². The first kappa shape index (κ1) is 15.9. The van der Waals surface area contributed by atoms with Crippen LogP contribution in [0.3, 0.4) is 0 Å². The highest BCUT2D eigenvalue weighted by atomic mass is 32.2. The molecule has 0 aliphatic carbocycles. The van der Waals surface area contributed by atoms with Crippen molar-refractivity contribution in [3.05, 3.63) is 71.4 Å². The highest BCUT2D eigenvalue weighted by molar-refractivity contribution is 7.81. The largest absolute Gasteiger partial charge is 0.755 e. The Morgan fingerprint density at radius 1 is 1.13 bits per heavy atom. The molecule has 0 aliphatic heterocycles. The van der Waals surface area contributed by atoms with Gasteiger partial charge in [0.1, 0.15) is 5.82 Å². The van der Waals surface area contributed by atoms with Crippen molar-refractivity contribution in [2.24, 2.45) is 0 Å². The van der Waals surface area contributed by atoms with Gasteiger partial charge in [-0.3, -0.25) is 8.51 Å². The van der Waals surface area contributed by atoms with Crippen LogP contribution in [-0.4, -0.2) is 8.76 Å². The maximum Gasteiger partial charge on any atom is 0.123 e. The Bertz CT molecular complexity index is 863. The second kappa shape index (κ2) is 6.62. The highest BCUT2D eigenvalue weighted by Crippen LogP contribution is 2.36. The van der Waals surface area contributed by atoms with E-state index in [1.54, 1.807) is 35.7 Å². The molecule has 3 rings (SSSR count). The molecule has 1 aromatic heterocycles. The molecule has 0 bridgehead atoms. The fourth-order valence-electron chi connectivity index (χ4n) is 2.32. The third kappa shape index (κ3) is 3.34. The van der Waals surface area contributed by atoms with E-state index in [1.165, 1.54) is 27.8 Å². The molecule has 0 radical (unpaired) electrons. The lowest BCUT2D eigenvalue weighted by Crippen LogP contribution is -2.19. The smallest absolute Gasteiger partial charge is 0.123 e. The molecular weight excluding hydrogens is 333 g/mol. The SMILES string of the molecule is Cc1ccccc1N(c1csc(-c2cccc(F)c2)c1)S(=O)[O-]. The topological polar surface area (TPSA) is 43.4 Å². The van der Waals surface area contributed by atoms with Gasteiger partial charge >= 0.3 is 0 Å². The van der Waals surface area contributed by atoms with Gasteiger partial charge in [-0.05, 0) is 42.3 Å². The summed E-state index contributed by atoms with van der Waals surface area (Å²) in [7, 11) is 0. The maximum absolute atomic E-state index is 13.4. The average molecular weight is 346 g/mol. The number of para-hydroxylation sites is 1. The van der Waals surface area contributed by atoms with E-state index in [-0.39, 0.29) is 5.82 Å². The van der Waals surface area contributed by atoms with E-state index in [9.17, 15) is 13.2 Å². The predicted octanol–water partition coefficient (Wildman–Crippen LogP) is 4.79. The van der Waals surface area contributed by atoms with E-state index >= 15 is 0 Å². The molecule has 0 spiro atoms. The Balaban J connectivity index is 2.03. The van der Waals surface area contributed by atoms with Crippen molar-refractivity contribution >= 4 is 34.0 Å². The minimum atomic E-state index is -2.45. The van der Waals surface area contributed by atoms with E-state index in [0.717, 1.165) is 16.0 Å². The number of halogens is 1. The van der Waals surface area contributed by atoms with Crippen LogP contribution in [0.15, 0.2) is 60.0 Å². The van der Waals surface area contributed by atoms with E-state index in [4.69, 9.17) is 0 Å². The number of aryl methyl sites for hydroxylation is 1. The van der Waals surface area contributed by atoms with Crippen LogP contribution in [0, 0.1) is 12.7 Å². The van der Waals surface area contributed by atoms with Crippen LogP contribution >= 0.6 is 11.3 Å². The van der Waals surface area contributed by atoms with Crippen molar-refractivity contribution in [2.45, 2.75) is 6.92 Å². The van der Waals surface area contributed by atoms with Gasteiger partial charge < -0.3 is 4.55 Å². The van der Waals surface area contributed by atoms with E-state index < -0.39 is 11.3 Å². The molecule has 2 aromatic carbocycles. The summed E-state index contributed by atoms with van der Waals surface area (Å²) in [5, 5.41) is 1.75. The van der Waals surface area contributed by atoms with Gasteiger partial charge in [0.2, 0.25) is 0 Å². The summed E-state index contributed by atoms with van der Waals surface area (Å²) < 4.78 is 38.1. The lowest BCUT2D eigenvalue weighted by atomic mass is 10.1. The van der Waals surface area contributed by atoms with Crippen LogP contribution in [0.2, 0.25) is 0 Å². The zero-order chi connectivity index (χ0) is 16.4. The minimum absolute atomic E-state index is 0.319. The number of nitrogens with zero attached hydrogens (tertiary/aromatic N) is 1. The fraction of sp³-hybridized carbons (Fsp3) is 0.0588. The van der Waals surface area contributed by atoms with Crippen molar-refractivity contribution in [1.29, 1.82) is 0 Å². The number of thiophene rings is 1. The normalized spacial score (nSPS) is 12.1. The Morgan fingerprint density at radius 3 is 2.61 bits per heavy atom. The summed E-state index contributed by atoms with van der Waals surface area (Å²) in [6, 6.07) is 15.3. The van der Waals surface area contributed by atoms with Gasteiger partial charge in [-0.1, -0.05) is 30.3 Å². The Hall–Kier alpha value is -2.02. The van der Waals surface area contributed by atoms with Gasteiger partial charge in [-0.2, -0.15) is 0 Å². The standard InChI is InChI=1S/C17H14FNO2S2/c1-12-5-2-3-8-16(12)19(23(20)21)15-10-17(22-11-15)13-6-4-7-14(18)9-13/h2-11H,1H3,(H,20,21)/p-1. The minimum Gasteiger partial charge on any atom is -0.755 e. The highest BCUT2D eigenvalue weighted by Gasteiger charge is 2.15. The molecule has 1 unspecified atom stereocenters. The van der Waals surface area contributed by atoms with Gasteiger partial charge in [0.15, 0.2) is 0 Å².